The van der Waals surface area contributed by atoms with Crippen molar-refractivity contribution in [3.05, 3.63) is 28.2 Å². The van der Waals surface area contributed by atoms with Crippen LogP contribution >= 0.6 is 15.9 Å². The fourth-order valence-electron chi connectivity index (χ4n) is 1.58. The van der Waals surface area contributed by atoms with Crippen molar-refractivity contribution in [1.29, 1.82) is 0 Å². The largest absolute Gasteiger partial charge is 0.398 e. The molecule has 5 nitrogen and oxygen atoms in total. The molecule has 0 heterocycles. The van der Waals surface area contributed by atoms with E-state index in [1.807, 2.05) is 0 Å². The maximum absolute atomic E-state index is 12.4. The minimum absolute atomic E-state index is 0.0756. The van der Waals surface area contributed by atoms with Crippen LogP contribution in [0.4, 0.5) is 5.69 Å². The standard InChI is InChI=1S/C13H19BrN2O3/c1-18-7-5-16(6-8-19-2)13(17)10-3-4-11(14)12(15)9-10/h3-4,9H,5-8,15H2,1-2H3. The number of nitrogens with two attached hydrogens (primary N) is 1. The molecule has 6 heteroatoms. The van der Waals surface area contributed by atoms with Crippen molar-refractivity contribution in [3.8, 4) is 0 Å². The Labute approximate surface area is 121 Å². The number of hydrogen-bond donors (Lipinski definition) is 1. The average molecular weight is 331 g/mol. The van der Waals surface area contributed by atoms with E-state index in [-0.39, 0.29) is 5.91 Å². The van der Waals surface area contributed by atoms with Gasteiger partial charge in [0.05, 0.1) is 13.2 Å². The van der Waals surface area contributed by atoms with Gasteiger partial charge in [-0.15, -0.1) is 0 Å². The summed E-state index contributed by atoms with van der Waals surface area (Å²) in [6.07, 6.45) is 0. The first-order valence-electron chi connectivity index (χ1n) is 5.92. The Morgan fingerprint density at radius 3 is 2.32 bits per heavy atom. The van der Waals surface area contributed by atoms with Gasteiger partial charge in [0.15, 0.2) is 0 Å². The molecule has 0 spiro atoms. The second kappa shape index (κ2) is 8.14. The highest BCUT2D eigenvalue weighted by atomic mass is 79.9. The van der Waals surface area contributed by atoms with Crippen LogP contribution in [0, 0.1) is 0 Å². The Balaban J connectivity index is 2.81. The second-order valence-corrected chi connectivity index (χ2v) is 4.87. The van der Waals surface area contributed by atoms with Crippen molar-refractivity contribution < 1.29 is 14.3 Å². The van der Waals surface area contributed by atoms with Gasteiger partial charge >= 0.3 is 0 Å². The number of amides is 1. The Morgan fingerprint density at radius 2 is 1.84 bits per heavy atom. The van der Waals surface area contributed by atoms with Gasteiger partial charge in [-0.2, -0.15) is 0 Å². The SMILES string of the molecule is COCCN(CCOC)C(=O)c1ccc(Br)c(N)c1. The first-order chi connectivity index (χ1) is 9.10. The molecule has 2 N–H and O–H groups in total. The van der Waals surface area contributed by atoms with Gasteiger partial charge in [0.1, 0.15) is 0 Å². The normalized spacial score (nSPS) is 10.5. The van der Waals surface area contributed by atoms with Crippen LogP contribution in [0.3, 0.4) is 0 Å². The third-order valence-electron chi connectivity index (χ3n) is 2.66. The third kappa shape index (κ3) is 4.81. The lowest BCUT2D eigenvalue weighted by atomic mass is 10.1. The van der Waals surface area contributed by atoms with Crippen molar-refractivity contribution in [2.75, 3.05) is 46.3 Å². The molecule has 0 aromatic heterocycles. The van der Waals surface area contributed by atoms with E-state index in [9.17, 15) is 4.79 Å². The highest BCUT2D eigenvalue weighted by molar-refractivity contribution is 9.10. The molecule has 0 aliphatic heterocycles. The molecular weight excluding hydrogens is 312 g/mol. The molecule has 1 aromatic carbocycles. The van der Waals surface area contributed by atoms with Gasteiger partial charge in [0, 0.05) is 43.0 Å². The van der Waals surface area contributed by atoms with Gasteiger partial charge in [-0.25, -0.2) is 0 Å². The lowest BCUT2D eigenvalue weighted by Gasteiger charge is -2.22. The number of carbonyl (C=O) groups excluding carboxylic acids is 1. The van der Waals surface area contributed by atoms with Crippen molar-refractivity contribution in [2.24, 2.45) is 0 Å². The summed E-state index contributed by atoms with van der Waals surface area (Å²) in [5.41, 5.74) is 6.90. The fraction of sp³-hybridized carbons (Fsp3) is 0.462. The Kier molecular flexibility index (Phi) is 6.83. The quantitative estimate of drug-likeness (QED) is 0.774. The molecule has 1 amide bonds. The molecule has 1 aromatic rings. The number of rotatable bonds is 7. The van der Waals surface area contributed by atoms with Gasteiger partial charge in [0.25, 0.3) is 5.91 Å². The highest BCUT2D eigenvalue weighted by Crippen LogP contribution is 2.21. The molecule has 0 unspecified atom stereocenters. The molecule has 0 radical (unpaired) electrons. The number of ether oxygens (including phenoxy) is 2. The molecule has 1 rings (SSSR count). The summed E-state index contributed by atoms with van der Waals surface area (Å²) in [6.45, 7) is 2.02. The minimum atomic E-state index is -0.0756. The molecule has 0 aliphatic carbocycles. The number of anilines is 1. The van der Waals surface area contributed by atoms with E-state index in [2.05, 4.69) is 15.9 Å². The summed E-state index contributed by atoms with van der Waals surface area (Å²) in [5, 5.41) is 0. The van der Waals surface area contributed by atoms with Crippen molar-refractivity contribution in [1.82, 2.24) is 4.90 Å². The Hall–Kier alpha value is -1.11. The number of carbonyl (C=O) groups is 1. The van der Waals surface area contributed by atoms with Gasteiger partial charge < -0.3 is 20.1 Å². The molecule has 0 bridgehead atoms. The monoisotopic (exact) mass is 330 g/mol. The van der Waals surface area contributed by atoms with Gasteiger partial charge in [-0.1, -0.05) is 0 Å². The number of benzene rings is 1. The fourth-order valence-corrected chi connectivity index (χ4v) is 1.82. The average Bonchev–Trinajstić information content (AvgIpc) is 2.41. The topological polar surface area (TPSA) is 64.8 Å². The lowest BCUT2D eigenvalue weighted by molar-refractivity contribution is 0.0627. The van der Waals surface area contributed by atoms with E-state index in [0.29, 0.717) is 37.6 Å². The summed E-state index contributed by atoms with van der Waals surface area (Å²) in [4.78, 5) is 14.1. The maximum Gasteiger partial charge on any atom is 0.254 e. The smallest absolute Gasteiger partial charge is 0.254 e. The summed E-state index contributed by atoms with van der Waals surface area (Å²) < 4.78 is 10.8. The van der Waals surface area contributed by atoms with Crippen molar-refractivity contribution >= 4 is 27.5 Å². The van der Waals surface area contributed by atoms with Crippen LogP contribution in [-0.4, -0.2) is 51.3 Å². The van der Waals surface area contributed by atoms with Gasteiger partial charge in [0.2, 0.25) is 0 Å². The summed E-state index contributed by atoms with van der Waals surface area (Å²) >= 11 is 3.31. The number of hydrogen-bond acceptors (Lipinski definition) is 4. The van der Waals surface area contributed by atoms with Gasteiger partial charge in [-0.05, 0) is 34.1 Å². The molecule has 0 atom stereocenters. The highest BCUT2D eigenvalue weighted by Gasteiger charge is 2.16. The van der Waals surface area contributed by atoms with E-state index in [1.165, 1.54) is 0 Å². The molecular formula is C13H19BrN2O3. The van der Waals surface area contributed by atoms with E-state index in [1.54, 1.807) is 37.3 Å². The Morgan fingerprint density at radius 1 is 1.26 bits per heavy atom. The maximum atomic E-state index is 12.4. The van der Waals surface area contributed by atoms with Crippen LogP contribution < -0.4 is 5.73 Å². The van der Waals surface area contributed by atoms with Crippen LogP contribution in [0.2, 0.25) is 0 Å². The number of methoxy groups -OCH3 is 2. The van der Waals surface area contributed by atoms with Crippen LogP contribution in [0.25, 0.3) is 0 Å². The summed E-state index contributed by atoms with van der Waals surface area (Å²) in [6, 6.07) is 5.18. The molecule has 0 fully saturated rings. The molecule has 0 saturated carbocycles. The van der Waals surface area contributed by atoms with Crippen LogP contribution in [-0.2, 0) is 9.47 Å². The van der Waals surface area contributed by atoms with Gasteiger partial charge in [-0.3, -0.25) is 4.79 Å². The van der Waals surface area contributed by atoms with E-state index < -0.39 is 0 Å². The molecule has 0 aliphatic rings. The number of nitrogen functional groups attached to an aromatic ring is 1. The van der Waals surface area contributed by atoms with Crippen LogP contribution in [0.5, 0.6) is 0 Å². The van der Waals surface area contributed by atoms with Crippen LogP contribution in [0.15, 0.2) is 22.7 Å². The zero-order chi connectivity index (χ0) is 14.3. The first-order valence-corrected chi connectivity index (χ1v) is 6.71. The third-order valence-corrected chi connectivity index (χ3v) is 3.38. The van der Waals surface area contributed by atoms with E-state index in [4.69, 9.17) is 15.2 Å². The van der Waals surface area contributed by atoms with E-state index >= 15 is 0 Å². The zero-order valence-corrected chi connectivity index (χ0v) is 12.8. The predicted molar refractivity (Wildman–Crippen MR) is 78.2 cm³/mol. The summed E-state index contributed by atoms with van der Waals surface area (Å²) in [5.74, 6) is -0.0756. The van der Waals surface area contributed by atoms with Crippen molar-refractivity contribution in [3.63, 3.8) is 0 Å². The minimum Gasteiger partial charge on any atom is -0.398 e. The molecule has 0 saturated heterocycles. The Bertz CT molecular complexity index is 418. The first kappa shape index (κ1) is 15.9. The summed E-state index contributed by atoms with van der Waals surface area (Å²) in [7, 11) is 3.22. The lowest BCUT2D eigenvalue weighted by Crippen LogP contribution is -2.36. The van der Waals surface area contributed by atoms with Crippen LogP contribution in [0.1, 0.15) is 10.4 Å². The number of halogens is 1. The van der Waals surface area contributed by atoms with Crippen molar-refractivity contribution in [2.45, 2.75) is 0 Å². The number of nitrogens with zero attached hydrogens (tertiary/aromatic N) is 1. The molecule has 106 valence electrons. The van der Waals surface area contributed by atoms with E-state index in [0.717, 1.165) is 4.47 Å². The second-order valence-electron chi connectivity index (χ2n) is 4.01. The predicted octanol–water partition coefficient (Wildman–Crippen LogP) is 1.77. The molecule has 19 heavy (non-hydrogen) atoms. The zero-order valence-electron chi connectivity index (χ0n) is 11.2.